The van der Waals surface area contributed by atoms with E-state index in [9.17, 15) is 9.90 Å². The normalized spacial score (nSPS) is 25.2. The third kappa shape index (κ3) is 4.82. The number of rotatable bonds is 6. The molecule has 7 heteroatoms. The molecule has 31 heavy (non-hydrogen) atoms. The van der Waals surface area contributed by atoms with Gasteiger partial charge in [0, 0.05) is 24.8 Å². The van der Waals surface area contributed by atoms with Gasteiger partial charge in [0.25, 0.3) is 0 Å². The summed E-state index contributed by atoms with van der Waals surface area (Å²) in [6.45, 7) is 5.93. The molecule has 1 aliphatic heterocycles. The van der Waals surface area contributed by atoms with Gasteiger partial charge in [-0.05, 0) is 62.3 Å². The number of hydrogen-bond donors (Lipinski definition) is 1. The lowest BCUT2D eigenvalue weighted by molar-refractivity contribution is -0.0231. The van der Waals surface area contributed by atoms with E-state index >= 15 is 0 Å². The predicted molar refractivity (Wildman–Crippen MR) is 117 cm³/mol. The summed E-state index contributed by atoms with van der Waals surface area (Å²) in [5, 5.41) is 10.7. The van der Waals surface area contributed by atoms with Crippen molar-refractivity contribution in [2.24, 2.45) is 11.8 Å². The summed E-state index contributed by atoms with van der Waals surface area (Å²) in [6.07, 6.45) is 2.77. The van der Waals surface area contributed by atoms with Crippen molar-refractivity contribution in [2.75, 3.05) is 25.1 Å². The van der Waals surface area contributed by atoms with E-state index in [1.54, 1.807) is 24.3 Å². The van der Waals surface area contributed by atoms with Crippen LogP contribution >= 0.6 is 0 Å². The zero-order chi connectivity index (χ0) is 22.0. The van der Waals surface area contributed by atoms with Crippen molar-refractivity contribution in [3.63, 3.8) is 0 Å². The fourth-order valence-corrected chi connectivity index (χ4v) is 4.82. The van der Waals surface area contributed by atoms with Crippen molar-refractivity contribution < 1.29 is 19.4 Å². The zero-order valence-electron chi connectivity index (χ0n) is 18.5. The SMILES string of the molecule is CCCc1cc(N2C[C@H]3C[C@@H](Oc4ccc(C(=O)OC)cc4)[C@H](O)C[C@H]3C2)nc(C)n1. The van der Waals surface area contributed by atoms with Gasteiger partial charge < -0.3 is 19.5 Å². The van der Waals surface area contributed by atoms with Gasteiger partial charge in [0.1, 0.15) is 23.5 Å². The van der Waals surface area contributed by atoms with Crippen LogP contribution in [0.1, 0.15) is 48.1 Å². The third-order valence-corrected chi connectivity index (χ3v) is 6.36. The van der Waals surface area contributed by atoms with Crippen molar-refractivity contribution in [1.82, 2.24) is 9.97 Å². The first-order chi connectivity index (χ1) is 15.0. The molecule has 166 valence electrons. The smallest absolute Gasteiger partial charge is 0.337 e. The average Bonchev–Trinajstić information content (AvgIpc) is 3.16. The summed E-state index contributed by atoms with van der Waals surface area (Å²) >= 11 is 0. The number of aromatic nitrogens is 2. The Morgan fingerprint density at radius 3 is 2.55 bits per heavy atom. The maximum Gasteiger partial charge on any atom is 0.337 e. The molecule has 2 aromatic rings. The summed E-state index contributed by atoms with van der Waals surface area (Å²) in [6, 6.07) is 8.99. The first-order valence-corrected chi connectivity index (χ1v) is 11.1. The number of aliphatic hydroxyl groups excluding tert-OH is 1. The Balaban J connectivity index is 1.42. The van der Waals surface area contributed by atoms with Crippen molar-refractivity contribution in [1.29, 1.82) is 0 Å². The third-order valence-electron chi connectivity index (χ3n) is 6.36. The molecule has 0 unspecified atom stereocenters. The largest absolute Gasteiger partial charge is 0.488 e. The molecular formula is C24H31N3O4. The predicted octanol–water partition coefficient (Wildman–Crippen LogP) is 3.18. The van der Waals surface area contributed by atoms with E-state index in [1.165, 1.54) is 7.11 Å². The topological polar surface area (TPSA) is 84.8 Å². The van der Waals surface area contributed by atoms with Gasteiger partial charge in [0.05, 0.1) is 18.8 Å². The van der Waals surface area contributed by atoms with Gasteiger partial charge in [-0.25, -0.2) is 14.8 Å². The lowest BCUT2D eigenvalue weighted by Gasteiger charge is -2.35. The highest BCUT2D eigenvalue weighted by atomic mass is 16.5. The molecule has 0 spiro atoms. The van der Waals surface area contributed by atoms with Gasteiger partial charge in [-0.3, -0.25) is 0 Å². The molecule has 0 amide bonds. The van der Waals surface area contributed by atoms with Crippen LogP contribution in [0, 0.1) is 18.8 Å². The molecule has 0 radical (unpaired) electrons. The summed E-state index contributed by atoms with van der Waals surface area (Å²) in [7, 11) is 1.36. The molecule has 2 heterocycles. The van der Waals surface area contributed by atoms with Crippen LogP contribution in [0.2, 0.25) is 0 Å². The number of aryl methyl sites for hydroxylation is 2. The maximum atomic E-state index is 11.6. The number of benzene rings is 1. The van der Waals surface area contributed by atoms with Crippen LogP contribution in [0.15, 0.2) is 30.3 Å². The van der Waals surface area contributed by atoms with E-state index in [0.717, 1.165) is 56.1 Å². The Morgan fingerprint density at radius 2 is 1.87 bits per heavy atom. The molecule has 1 saturated heterocycles. The Hall–Kier alpha value is -2.67. The fourth-order valence-electron chi connectivity index (χ4n) is 4.82. The van der Waals surface area contributed by atoms with Gasteiger partial charge in [0.15, 0.2) is 0 Å². The quantitative estimate of drug-likeness (QED) is 0.712. The Labute approximate surface area is 183 Å². The number of esters is 1. The number of methoxy groups -OCH3 is 1. The molecule has 1 N–H and O–H groups in total. The van der Waals surface area contributed by atoms with E-state index in [-0.39, 0.29) is 12.1 Å². The Morgan fingerprint density at radius 1 is 1.16 bits per heavy atom. The van der Waals surface area contributed by atoms with E-state index in [0.29, 0.717) is 23.1 Å². The number of aliphatic hydroxyl groups is 1. The monoisotopic (exact) mass is 425 g/mol. The highest BCUT2D eigenvalue weighted by molar-refractivity contribution is 5.89. The van der Waals surface area contributed by atoms with Crippen LogP contribution in [0.4, 0.5) is 5.82 Å². The molecule has 2 aliphatic rings. The number of nitrogens with zero attached hydrogens (tertiary/aromatic N) is 3. The Kier molecular flexibility index (Phi) is 6.41. The van der Waals surface area contributed by atoms with Crippen LogP contribution < -0.4 is 9.64 Å². The second-order valence-electron chi connectivity index (χ2n) is 8.65. The summed E-state index contributed by atoms with van der Waals surface area (Å²) in [4.78, 5) is 23.2. The minimum absolute atomic E-state index is 0.257. The standard InChI is InChI=1S/C24H31N3O4/c1-4-5-19-12-23(26-15(2)25-19)27-13-17-10-21(28)22(11-18(17)14-27)31-20-8-6-16(7-9-20)24(29)30-3/h6-9,12,17-18,21-22,28H,4-5,10-11,13-14H2,1-3H3/t17-,18+,21+,22+/m0/s1. The summed E-state index contributed by atoms with van der Waals surface area (Å²) in [5.74, 6) is 2.97. The molecule has 1 aromatic heterocycles. The minimum atomic E-state index is -0.510. The number of carbonyl (C=O) groups is 1. The fraction of sp³-hybridized carbons (Fsp3) is 0.542. The van der Waals surface area contributed by atoms with Gasteiger partial charge in [0.2, 0.25) is 0 Å². The molecule has 1 aliphatic carbocycles. The van der Waals surface area contributed by atoms with Crippen LogP contribution in [-0.4, -0.2) is 53.5 Å². The van der Waals surface area contributed by atoms with Crippen molar-refractivity contribution in [3.8, 4) is 5.75 Å². The molecule has 0 bridgehead atoms. The molecule has 4 rings (SSSR count). The first kappa shape index (κ1) is 21.6. The minimum Gasteiger partial charge on any atom is -0.488 e. The second kappa shape index (κ2) is 9.22. The lowest BCUT2D eigenvalue weighted by atomic mass is 9.78. The summed E-state index contributed by atoms with van der Waals surface area (Å²) in [5.41, 5.74) is 1.57. The molecule has 7 nitrogen and oxygen atoms in total. The maximum absolute atomic E-state index is 11.6. The van der Waals surface area contributed by atoms with Crippen LogP contribution in [0.5, 0.6) is 5.75 Å². The first-order valence-electron chi connectivity index (χ1n) is 11.1. The van der Waals surface area contributed by atoms with Crippen LogP contribution in [0.3, 0.4) is 0 Å². The van der Waals surface area contributed by atoms with Crippen LogP contribution in [-0.2, 0) is 11.2 Å². The van der Waals surface area contributed by atoms with E-state index in [4.69, 9.17) is 9.47 Å². The number of carbonyl (C=O) groups excluding carboxylic acids is 1. The molecule has 2 fully saturated rings. The van der Waals surface area contributed by atoms with Crippen molar-refractivity contribution in [3.05, 3.63) is 47.4 Å². The molecule has 1 saturated carbocycles. The van der Waals surface area contributed by atoms with Crippen LogP contribution in [0.25, 0.3) is 0 Å². The molecule has 1 aromatic carbocycles. The molecule has 4 atom stereocenters. The van der Waals surface area contributed by atoms with Gasteiger partial charge >= 0.3 is 5.97 Å². The Bertz CT molecular complexity index is 918. The van der Waals surface area contributed by atoms with Gasteiger partial charge in [-0.2, -0.15) is 0 Å². The molecular weight excluding hydrogens is 394 g/mol. The summed E-state index contributed by atoms with van der Waals surface area (Å²) < 4.78 is 10.8. The average molecular weight is 426 g/mol. The van der Waals surface area contributed by atoms with Gasteiger partial charge in [-0.1, -0.05) is 13.3 Å². The number of fused-ring (bicyclic) bond motifs is 1. The van der Waals surface area contributed by atoms with Crippen molar-refractivity contribution in [2.45, 2.75) is 51.7 Å². The number of anilines is 1. The van der Waals surface area contributed by atoms with Gasteiger partial charge in [-0.15, -0.1) is 0 Å². The highest BCUT2D eigenvalue weighted by Crippen LogP contribution is 2.39. The van der Waals surface area contributed by atoms with E-state index in [1.807, 2.05) is 6.92 Å². The zero-order valence-corrected chi connectivity index (χ0v) is 18.5. The van der Waals surface area contributed by atoms with E-state index < -0.39 is 6.10 Å². The van der Waals surface area contributed by atoms with Crippen molar-refractivity contribution >= 4 is 11.8 Å². The lowest BCUT2D eigenvalue weighted by Crippen LogP contribution is -2.42. The second-order valence-corrected chi connectivity index (χ2v) is 8.65. The van der Waals surface area contributed by atoms with E-state index in [2.05, 4.69) is 27.9 Å². The number of hydrogen-bond acceptors (Lipinski definition) is 7. The highest BCUT2D eigenvalue weighted by Gasteiger charge is 2.43. The number of ether oxygens (including phenoxy) is 2.